The summed E-state index contributed by atoms with van der Waals surface area (Å²) < 4.78 is 57.9. The van der Waals surface area contributed by atoms with Crippen LogP contribution in [0.4, 0.5) is 8.78 Å². The standard InChI is InChI=1S/C17H25F2N3O4S.HI/c1-3-20-17(21-9-12-6-7-27(23,24)11-12)22-10-13-8-14(25-2)4-5-15(13)26-16(18)19;/h4-5,8,12,16H,3,6-7,9-11H2,1-2H3,(H2,20,21,22);1H. The maximum atomic E-state index is 12.6. The van der Waals surface area contributed by atoms with Gasteiger partial charge in [0.2, 0.25) is 0 Å². The minimum atomic E-state index is -2.94. The molecule has 28 heavy (non-hydrogen) atoms. The van der Waals surface area contributed by atoms with Gasteiger partial charge in [0.25, 0.3) is 0 Å². The highest BCUT2D eigenvalue weighted by atomic mass is 127. The minimum absolute atomic E-state index is 0. The molecule has 0 bridgehead atoms. The van der Waals surface area contributed by atoms with Gasteiger partial charge in [-0.3, -0.25) is 0 Å². The smallest absolute Gasteiger partial charge is 0.387 e. The maximum absolute atomic E-state index is 12.6. The predicted octanol–water partition coefficient (Wildman–Crippen LogP) is 2.40. The fraction of sp³-hybridized carbons (Fsp3) is 0.588. The number of methoxy groups -OCH3 is 1. The molecule has 0 saturated carbocycles. The lowest BCUT2D eigenvalue weighted by Crippen LogP contribution is -2.40. The number of hydrogen-bond acceptors (Lipinski definition) is 5. The number of alkyl halides is 2. The molecule has 0 aliphatic carbocycles. The van der Waals surface area contributed by atoms with Crippen molar-refractivity contribution in [2.24, 2.45) is 10.9 Å². The zero-order valence-corrected chi connectivity index (χ0v) is 18.9. The van der Waals surface area contributed by atoms with Crippen LogP contribution in [0.2, 0.25) is 0 Å². The molecule has 1 saturated heterocycles. The van der Waals surface area contributed by atoms with Crippen molar-refractivity contribution in [3.8, 4) is 11.5 Å². The topological polar surface area (TPSA) is 89.0 Å². The summed E-state index contributed by atoms with van der Waals surface area (Å²) in [4.78, 5) is 4.39. The third-order valence-electron chi connectivity index (χ3n) is 4.12. The molecular weight excluding hydrogens is 507 g/mol. The fourth-order valence-electron chi connectivity index (χ4n) is 2.80. The molecule has 0 radical (unpaired) electrons. The second-order valence-electron chi connectivity index (χ2n) is 6.20. The minimum Gasteiger partial charge on any atom is -0.497 e. The molecule has 1 atom stereocenters. The Balaban J connectivity index is 0.00000392. The van der Waals surface area contributed by atoms with E-state index in [0.717, 1.165) is 0 Å². The Morgan fingerprint density at radius 3 is 2.68 bits per heavy atom. The van der Waals surface area contributed by atoms with Crippen molar-refractivity contribution >= 4 is 39.8 Å². The Morgan fingerprint density at radius 2 is 2.11 bits per heavy atom. The Kier molecular flexibility index (Phi) is 10.2. The number of nitrogens with zero attached hydrogens (tertiary/aromatic N) is 1. The molecule has 2 rings (SSSR count). The molecule has 1 unspecified atom stereocenters. The highest BCUT2D eigenvalue weighted by molar-refractivity contribution is 14.0. The Morgan fingerprint density at radius 1 is 1.36 bits per heavy atom. The first-order chi connectivity index (χ1) is 12.8. The van der Waals surface area contributed by atoms with Crippen LogP contribution in [-0.4, -0.2) is 52.7 Å². The van der Waals surface area contributed by atoms with E-state index in [0.29, 0.717) is 36.8 Å². The monoisotopic (exact) mass is 533 g/mol. The molecule has 160 valence electrons. The zero-order chi connectivity index (χ0) is 19.9. The number of ether oxygens (including phenoxy) is 2. The van der Waals surface area contributed by atoms with Crippen molar-refractivity contribution in [1.29, 1.82) is 0 Å². The molecule has 1 aromatic rings. The van der Waals surface area contributed by atoms with Gasteiger partial charge >= 0.3 is 6.61 Å². The van der Waals surface area contributed by atoms with Gasteiger partial charge in [-0.05, 0) is 37.5 Å². The molecule has 11 heteroatoms. The van der Waals surface area contributed by atoms with E-state index in [1.807, 2.05) is 6.92 Å². The summed E-state index contributed by atoms with van der Waals surface area (Å²) in [7, 11) is -1.45. The van der Waals surface area contributed by atoms with Crippen LogP contribution in [0.1, 0.15) is 18.9 Å². The van der Waals surface area contributed by atoms with Crippen LogP contribution in [0.5, 0.6) is 11.5 Å². The van der Waals surface area contributed by atoms with Crippen molar-refractivity contribution in [2.45, 2.75) is 26.5 Å². The van der Waals surface area contributed by atoms with E-state index in [1.165, 1.54) is 19.2 Å². The first-order valence-corrected chi connectivity index (χ1v) is 10.5. The molecule has 0 aromatic heterocycles. The lowest BCUT2D eigenvalue weighted by molar-refractivity contribution is -0.0504. The molecular formula is C17H26F2IN3O4S. The predicted molar refractivity (Wildman–Crippen MR) is 115 cm³/mol. The number of aliphatic imine (C=N–C) groups is 1. The Labute approximate surface area is 181 Å². The summed E-state index contributed by atoms with van der Waals surface area (Å²) in [5.41, 5.74) is 0.454. The third kappa shape index (κ3) is 7.94. The van der Waals surface area contributed by atoms with Crippen LogP contribution in [0.25, 0.3) is 0 Å². The quantitative estimate of drug-likeness (QED) is 0.303. The van der Waals surface area contributed by atoms with E-state index in [1.54, 1.807) is 6.07 Å². The van der Waals surface area contributed by atoms with Gasteiger partial charge in [0.05, 0.1) is 25.2 Å². The SMILES string of the molecule is CCNC(=NCc1cc(OC)ccc1OC(F)F)NCC1CCS(=O)(=O)C1.I. The Hall–Kier alpha value is -1.37. The average Bonchev–Trinajstić information content (AvgIpc) is 2.97. The van der Waals surface area contributed by atoms with Gasteiger partial charge in [-0.2, -0.15) is 8.78 Å². The number of hydrogen-bond donors (Lipinski definition) is 2. The summed E-state index contributed by atoms with van der Waals surface area (Å²) in [6.45, 7) is 0.138. The van der Waals surface area contributed by atoms with Crippen molar-refractivity contribution in [1.82, 2.24) is 10.6 Å². The molecule has 0 amide bonds. The van der Waals surface area contributed by atoms with Crippen LogP contribution < -0.4 is 20.1 Å². The van der Waals surface area contributed by atoms with E-state index in [2.05, 4.69) is 20.4 Å². The van der Waals surface area contributed by atoms with Crippen molar-refractivity contribution in [3.63, 3.8) is 0 Å². The number of sulfone groups is 1. The van der Waals surface area contributed by atoms with Gasteiger partial charge in [-0.15, -0.1) is 24.0 Å². The number of rotatable bonds is 8. The van der Waals surface area contributed by atoms with Crippen LogP contribution in [-0.2, 0) is 16.4 Å². The number of guanidine groups is 1. The van der Waals surface area contributed by atoms with Gasteiger partial charge in [-0.25, -0.2) is 13.4 Å². The van der Waals surface area contributed by atoms with Crippen molar-refractivity contribution < 1.29 is 26.7 Å². The van der Waals surface area contributed by atoms with Gasteiger partial charge in [0.1, 0.15) is 11.5 Å². The number of benzene rings is 1. The summed E-state index contributed by atoms with van der Waals surface area (Å²) in [5, 5.41) is 6.17. The lowest BCUT2D eigenvalue weighted by Gasteiger charge is -2.15. The molecule has 1 aliphatic rings. The molecule has 1 aliphatic heterocycles. The second-order valence-corrected chi connectivity index (χ2v) is 8.43. The normalized spacial score (nSPS) is 18.5. The highest BCUT2D eigenvalue weighted by Crippen LogP contribution is 2.26. The van der Waals surface area contributed by atoms with Gasteiger partial charge in [0, 0.05) is 18.7 Å². The van der Waals surface area contributed by atoms with E-state index in [9.17, 15) is 17.2 Å². The summed E-state index contributed by atoms with van der Waals surface area (Å²) >= 11 is 0. The largest absolute Gasteiger partial charge is 0.497 e. The second kappa shape index (κ2) is 11.6. The maximum Gasteiger partial charge on any atom is 0.387 e. The van der Waals surface area contributed by atoms with E-state index >= 15 is 0 Å². The first kappa shape index (κ1) is 24.7. The van der Waals surface area contributed by atoms with Crippen molar-refractivity contribution in [3.05, 3.63) is 23.8 Å². The van der Waals surface area contributed by atoms with Gasteiger partial charge in [-0.1, -0.05) is 0 Å². The number of halogens is 3. The lowest BCUT2D eigenvalue weighted by atomic mass is 10.1. The van der Waals surface area contributed by atoms with Gasteiger partial charge < -0.3 is 20.1 Å². The van der Waals surface area contributed by atoms with Crippen LogP contribution in [0.15, 0.2) is 23.2 Å². The van der Waals surface area contributed by atoms with Crippen LogP contribution in [0, 0.1) is 5.92 Å². The molecule has 1 fully saturated rings. The average molecular weight is 533 g/mol. The summed E-state index contributed by atoms with van der Waals surface area (Å²) in [5.74, 6) is 1.44. The molecule has 0 spiro atoms. The number of nitrogens with one attached hydrogen (secondary N) is 2. The summed E-state index contributed by atoms with van der Waals surface area (Å²) in [6.07, 6.45) is 0.622. The van der Waals surface area contributed by atoms with E-state index in [4.69, 9.17) is 4.74 Å². The Bertz CT molecular complexity index is 763. The molecule has 2 N–H and O–H groups in total. The third-order valence-corrected chi connectivity index (χ3v) is 5.96. The summed E-state index contributed by atoms with van der Waals surface area (Å²) in [6, 6.07) is 4.54. The first-order valence-electron chi connectivity index (χ1n) is 8.67. The van der Waals surface area contributed by atoms with Crippen LogP contribution in [0.3, 0.4) is 0 Å². The highest BCUT2D eigenvalue weighted by Gasteiger charge is 2.27. The molecule has 1 aromatic carbocycles. The van der Waals surface area contributed by atoms with Crippen molar-refractivity contribution in [2.75, 3.05) is 31.7 Å². The fourth-order valence-corrected chi connectivity index (χ4v) is 4.66. The molecule has 1 heterocycles. The van der Waals surface area contributed by atoms with E-state index < -0.39 is 16.4 Å². The van der Waals surface area contributed by atoms with E-state index in [-0.39, 0.29) is 53.7 Å². The molecule has 7 nitrogen and oxygen atoms in total. The van der Waals surface area contributed by atoms with Gasteiger partial charge in [0.15, 0.2) is 15.8 Å². The zero-order valence-electron chi connectivity index (χ0n) is 15.8. The van der Waals surface area contributed by atoms with Crippen LogP contribution >= 0.6 is 24.0 Å².